The summed E-state index contributed by atoms with van der Waals surface area (Å²) in [5.41, 5.74) is 2.96. The third-order valence-electron chi connectivity index (χ3n) is 4.76. The summed E-state index contributed by atoms with van der Waals surface area (Å²) in [4.78, 5) is 10.3. The van der Waals surface area contributed by atoms with Gasteiger partial charge in [-0.3, -0.25) is 0 Å². The van der Waals surface area contributed by atoms with Gasteiger partial charge in [0.2, 0.25) is 0 Å². The third kappa shape index (κ3) is 3.56. The maximum atomic E-state index is 13.3. The van der Waals surface area contributed by atoms with Crippen LogP contribution in [0, 0.1) is 0 Å². The van der Waals surface area contributed by atoms with Crippen LogP contribution in [0.1, 0.15) is 36.7 Å². The number of halogens is 2. The number of fused-ring (bicyclic) bond motifs is 2. The molecule has 2 aromatic carbocycles. The molecule has 2 heterocycles. The molecule has 0 N–H and O–H groups in total. The van der Waals surface area contributed by atoms with E-state index in [4.69, 9.17) is 4.74 Å². The summed E-state index contributed by atoms with van der Waals surface area (Å²) in [5.74, 6) is 1.04. The molecule has 0 spiro atoms. The molecular weight excluding hydrogens is 348 g/mol. The number of hydrogen-bond donors (Lipinski definition) is 0. The average Bonchev–Trinajstić information content (AvgIpc) is 2.70. The summed E-state index contributed by atoms with van der Waals surface area (Å²) in [6, 6.07) is 13.4. The van der Waals surface area contributed by atoms with Gasteiger partial charge in [-0.1, -0.05) is 25.1 Å². The summed E-state index contributed by atoms with van der Waals surface area (Å²) in [7, 11) is 0. The fraction of sp³-hybridized carbons (Fsp3) is 0.333. The summed E-state index contributed by atoms with van der Waals surface area (Å²) < 4.78 is 32.3. The van der Waals surface area contributed by atoms with Gasteiger partial charge in [-0.05, 0) is 48.2 Å². The molecule has 4 nitrogen and oxygen atoms in total. The predicted octanol–water partition coefficient (Wildman–Crippen LogP) is 4.92. The number of para-hydroxylation sites is 1. The van der Waals surface area contributed by atoms with E-state index in [1.54, 1.807) is 12.1 Å². The van der Waals surface area contributed by atoms with Crippen LogP contribution in [0.5, 0.6) is 5.75 Å². The monoisotopic (exact) mass is 369 g/mol. The summed E-state index contributed by atoms with van der Waals surface area (Å²) in [6.45, 7) is 4.13. The average molecular weight is 369 g/mol. The normalized spacial score (nSPS) is 13.9. The Bertz CT molecular complexity index is 961. The minimum Gasteiger partial charge on any atom is -0.494 e. The SMILES string of the molecule is CCCOc1ccc2c(c1)CCN(c1nc(C(F)F)nc3ccccc13)C2. The standard InChI is InChI=1S/C21H21F2N3O/c1-2-11-27-16-8-7-15-13-26(10-9-14(15)12-16)21-17-5-3-4-6-18(17)24-20(25-21)19(22)23/h3-8,12,19H,2,9-11,13H2,1H3. The highest BCUT2D eigenvalue weighted by Gasteiger charge is 2.22. The van der Waals surface area contributed by atoms with Crippen LogP contribution in [0.4, 0.5) is 14.6 Å². The molecule has 0 atom stereocenters. The van der Waals surface area contributed by atoms with Gasteiger partial charge < -0.3 is 9.64 Å². The van der Waals surface area contributed by atoms with Gasteiger partial charge in [-0.2, -0.15) is 0 Å². The van der Waals surface area contributed by atoms with Gasteiger partial charge in [0.15, 0.2) is 5.82 Å². The number of ether oxygens (including phenoxy) is 1. The molecule has 0 radical (unpaired) electrons. The minimum atomic E-state index is -2.69. The quantitative estimate of drug-likeness (QED) is 0.640. The molecule has 1 aromatic heterocycles. The summed E-state index contributed by atoms with van der Waals surface area (Å²) in [5, 5.41) is 0.799. The first-order valence-electron chi connectivity index (χ1n) is 9.20. The van der Waals surface area contributed by atoms with Crippen molar-refractivity contribution in [2.45, 2.75) is 32.7 Å². The Labute approximate surface area is 156 Å². The molecule has 1 aliphatic heterocycles. The molecule has 4 rings (SSSR count). The largest absolute Gasteiger partial charge is 0.494 e. The van der Waals surface area contributed by atoms with Gasteiger partial charge in [-0.15, -0.1) is 0 Å². The number of anilines is 1. The number of hydrogen-bond acceptors (Lipinski definition) is 4. The Balaban J connectivity index is 1.67. The number of rotatable bonds is 5. The Morgan fingerprint density at radius 2 is 1.96 bits per heavy atom. The van der Waals surface area contributed by atoms with Crippen molar-refractivity contribution in [1.29, 1.82) is 0 Å². The number of nitrogens with zero attached hydrogens (tertiary/aromatic N) is 3. The highest BCUT2D eigenvalue weighted by Crippen LogP contribution is 2.31. The van der Waals surface area contributed by atoms with Gasteiger partial charge in [0.25, 0.3) is 6.43 Å². The first-order chi connectivity index (χ1) is 13.2. The van der Waals surface area contributed by atoms with Crippen molar-refractivity contribution in [1.82, 2.24) is 9.97 Å². The fourth-order valence-corrected chi connectivity index (χ4v) is 3.44. The predicted molar refractivity (Wildman–Crippen MR) is 101 cm³/mol. The maximum Gasteiger partial charge on any atom is 0.297 e. The smallest absolute Gasteiger partial charge is 0.297 e. The zero-order valence-electron chi connectivity index (χ0n) is 15.2. The molecule has 0 fully saturated rings. The van der Waals surface area contributed by atoms with Crippen molar-refractivity contribution < 1.29 is 13.5 Å². The highest BCUT2D eigenvalue weighted by atomic mass is 19.3. The van der Waals surface area contributed by atoms with Gasteiger partial charge >= 0.3 is 0 Å². The lowest BCUT2D eigenvalue weighted by Crippen LogP contribution is -2.31. The lowest BCUT2D eigenvalue weighted by atomic mass is 9.99. The van der Waals surface area contributed by atoms with Crippen molar-refractivity contribution in [3.05, 3.63) is 59.4 Å². The molecular formula is C21H21F2N3O. The van der Waals surface area contributed by atoms with E-state index in [0.29, 0.717) is 31.0 Å². The van der Waals surface area contributed by atoms with Gasteiger partial charge in [0.05, 0.1) is 12.1 Å². The van der Waals surface area contributed by atoms with Crippen LogP contribution < -0.4 is 9.64 Å². The summed E-state index contributed by atoms with van der Waals surface area (Å²) >= 11 is 0. The van der Waals surface area contributed by atoms with E-state index in [1.165, 1.54) is 11.1 Å². The van der Waals surface area contributed by atoms with Crippen LogP contribution in [-0.4, -0.2) is 23.1 Å². The molecule has 0 aliphatic carbocycles. The van der Waals surface area contributed by atoms with Crippen molar-refractivity contribution in [2.24, 2.45) is 0 Å². The van der Waals surface area contributed by atoms with Gasteiger partial charge in [-0.25, -0.2) is 18.7 Å². The van der Waals surface area contributed by atoms with E-state index in [-0.39, 0.29) is 0 Å². The van der Waals surface area contributed by atoms with E-state index < -0.39 is 12.2 Å². The molecule has 3 aromatic rings. The molecule has 0 saturated carbocycles. The molecule has 1 aliphatic rings. The Kier molecular flexibility index (Phi) is 4.88. The van der Waals surface area contributed by atoms with Crippen LogP contribution in [0.3, 0.4) is 0 Å². The second-order valence-corrected chi connectivity index (χ2v) is 6.67. The van der Waals surface area contributed by atoms with Crippen LogP contribution in [0.2, 0.25) is 0 Å². The molecule has 27 heavy (non-hydrogen) atoms. The van der Waals surface area contributed by atoms with E-state index in [2.05, 4.69) is 33.9 Å². The van der Waals surface area contributed by atoms with Gasteiger partial charge in [0.1, 0.15) is 11.6 Å². The Morgan fingerprint density at radius 1 is 1.11 bits per heavy atom. The lowest BCUT2D eigenvalue weighted by Gasteiger charge is -2.31. The molecule has 0 unspecified atom stereocenters. The van der Waals surface area contributed by atoms with E-state index in [9.17, 15) is 8.78 Å². The van der Waals surface area contributed by atoms with Gasteiger partial charge in [0, 0.05) is 18.5 Å². The second-order valence-electron chi connectivity index (χ2n) is 6.67. The van der Waals surface area contributed by atoms with Crippen molar-refractivity contribution in [3.63, 3.8) is 0 Å². The lowest BCUT2D eigenvalue weighted by molar-refractivity contribution is 0.141. The molecule has 0 saturated heterocycles. The minimum absolute atomic E-state index is 0.419. The van der Waals surface area contributed by atoms with E-state index in [0.717, 1.165) is 24.0 Å². The van der Waals surface area contributed by atoms with Crippen molar-refractivity contribution >= 4 is 16.7 Å². The Hall–Kier alpha value is -2.76. The number of aromatic nitrogens is 2. The zero-order valence-corrected chi connectivity index (χ0v) is 15.2. The van der Waals surface area contributed by atoms with E-state index in [1.807, 2.05) is 18.2 Å². The summed E-state index contributed by atoms with van der Waals surface area (Å²) in [6.07, 6.45) is -0.900. The van der Waals surface area contributed by atoms with E-state index >= 15 is 0 Å². The topological polar surface area (TPSA) is 38.2 Å². The zero-order chi connectivity index (χ0) is 18.8. The number of alkyl halides is 2. The Morgan fingerprint density at radius 3 is 2.78 bits per heavy atom. The third-order valence-corrected chi connectivity index (χ3v) is 4.76. The van der Waals surface area contributed by atoms with Crippen LogP contribution in [0.15, 0.2) is 42.5 Å². The first kappa shape index (κ1) is 17.6. The second kappa shape index (κ2) is 7.47. The van der Waals surface area contributed by atoms with Crippen LogP contribution >= 0.6 is 0 Å². The molecule has 0 bridgehead atoms. The fourth-order valence-electron chi connectivity index (χ4n) is 3.44. The maximum absolute atomic E-state index is 13.3. The number of benzene rings is 2. The molecule has 140 valence electrons. The molecule has 0 amide bonds. The first-order valence-corrected chi connectivity index (χ1v) is 9.20. The van der Waals surface area contributed by atoms with Crippen molar-refractivity contribution in [2.75, 3.05) is 18.1 Å². The van der Waals surface area contributed by atoms with Crippen LogP contribution in [-0.2, 0) is 13.0 Å². The highest BCUT2D eigenvalue weighted by molar-refractivity contribution is 5.89. The molecule has 6 heteroatoms. The van der Waals surface area contributed by atoms with Crippen LogP contribution in [0.25, 0.3) is 10.9 Å². The van der Waals surface area contributed by atoms with Crippen molar-refractivity contribution in [3.8, 4) is 5.75 Å².